The van der Waals surface area contributed by atoms with E-state index in [0.717, 1.165) is 0 Å². The molecule has 8 atom stereocenters. The summed E-state index contributed by atoms with van der Waals surface area (Å²) in [5, 5.41) is 61.3. The number of fused-ring (bicyclic) bond motifs is 1. The van der Waals surface area contributed by atoms with Crippen LogP contribution in [0.15, 0.2) is 6.33 Å². The van der Waals surface area contributed by atoms with E-state index in [2.05, 4.69) is 15.1 Å². The predicted molar refractivity (Wildman–Crippen MR) is 104 cm³/mol. The van der Waals surface area contributed by atoms with E-state index in [1.807, 2.05) is 0 Å². The highest BCUT2D eigenvalue weighted by Crippen LogP contribution is 2.35. The highest BCUT2D eigenvalue weighted by Gasteiger charge is 2.50. The second kappa shape index (κ2) is 9.52. The molecule has 1 aromatic rings. The topological polar surface area (TPSA) is 221 Å². The summed E-state index contributed by atoms with van der Waals surface area (Å²) < 4.78 is 18.4. The van der Waals surface area contributed by atoms with Gasteiger partial charge in [-0.2, -0.15) is 0 Å². The Morgan fingerprint density at radius 1 is 1.09 bits per heavy atom. The molecule has 1 unspecified atom stereocenters. The van der Waals surface area contributed by atoms with Crippen LogP contribution in [0.3, 0.4) is 0 Å². The molecule has 3 aliphatic heterocycles. The monoisotopic (exact) mass is 460 g/mol. The SMILES string of the molecule is N=C1c2ncn([C@@H]3O[C@H](CO)[C@@H](O)[C@H]3O)c2NCN1C1O[C@H](CO)[C@@H](O)[C@H]1OCCON. The summed E-state index contributed by atoms with van der Waals surface area (Å²) in [7, 11) is 0. The van der Waals surface area contributed by atoms with Crippen molar-refractivity contribution in [3.05, 3.63) is 12.0 Å². The van der Waals surface area contributed by atoms with Gasteiger partial charge in [-0.3, -0.25) is 9.98 Å². The molecule has 15 heteroatoms. The van der Waals surface area contributed by atoms with Crippen LogP contribution in [-0.2, 0) is 19.0 Å². The highest BCUT2D eigenvalue weighted by molar-refractivity contribution is 6.00. The number of amidine groups is 1. The van der Waals surface area contributed by atoms with Gasteiger partial charge in [0.15, 0.2) is 18.3 Å². The zero-order valence-corrected chi connectivity index (χ0v) is 17.0. The number of nitrogens with one attached hydrogen (secondary N) is 2. The van der Waals surface area contributed by atoms with Crippen LogP contribution in [0.25, 0.3) is 0 Å². The predicted octanol–water partition coefficient (Wildman–Crippen LogP) is -4.14. The average Bonchev–Trinajstić information content (AvgIpc) is 3.44. The third-order valence-electron chi connectivity index (χ3n) is 5.82. The van der Waals surface area contributed by atoms with Gasteiger partial charge in [0.05, 0.1) is 39.4 Å². The maximum atomic E-state index is 10.5. The molecule has 0 saturated carbocycles. The molecular formula is C17H28N6O9. The van der Waals surface area contributed by atoms with Crippen LogP contribution in [0.2, 0.25) is 0 Å². The number of ether oxygens (including phenoxy) is 3. The van der Waals surface area contributed by atoms with Gasteiger partial charge in [0.2, 0.25) is 0 Å². The summed E-state index contributed by atoms with van der Waals surface area (Å²) in [5.41, 5.74) is 0.212. The second-order valence-corrected chi connectivity index (χ2v) is 7.68. The number of hydrogen-bond donors (Lipinski definition) is 8. The number of imidazole rings is 1. The highest BCUT2D eigenvalue weighted by atomic mass is 16.6. The lowest BCUT2D eigenvalue weighted by molar-refractivity contribution is -0.0962. The van der Waals surface area contributed by atoms with Crippen LogP contribution in [0, 0.1) is 5.41 Å². The fourth-order valence-electron chi connectivity index (χ4n) is 4.14. The van der Waals surface area contributed by atoms with Gasteiger partial charge >= 0.3 is 0 Å². The molecule has 2 saturated heterocycles. The third kappa shape index (κ3) is 3.86. The Labute approximate surface area is 182 Å². The number of nitrogens with zero attached hydrogens (tertiary/aromatic N) is 3. The maximum Gasteiger partial charge on any atom is 0.165 e. The van der Waals surface area contributed by atoms with Gasteiger partial charge in [-0.15, -0.1) is 0 Å². The quantitative estimate of drug-likeness (QED) is 0.136. The van der Waals surface area contributed by atoms with E-state index in [4.69, 9.17) is 25.5 Å². The van der Waals surface area contributed by atoms with Crippen molar-refractivity contribution in [2.45, 2.75) is 49.1 Å². The molecule has 9 N–H and O–H groups in total. The Hall–Kier alpha value is -1.92. The first kappa shape index (κ1) is 23.2. The van der Waals surface area contributed by atoms with Crippen molar-refractivity contribution in [3.63, 3.8) is 0 Å². The number of anilines is 1. The molecule has 180 valence electrons. The maximum absolute atomic E-state index is 10.5. The molecular weight excluding hydrogens is 432 g/mol. The zero-order valence-electron chi connectivity index (χ0n) is 17.0. The number of aromatic nitrogens is 2. The number of hydrogen-bond acceptors (Lipinski definition) is 13. The molecule has 4 heterocycles. The lowest BCUT2D eigenvalue weighted by Gasteiger charge is -2.37. The molecule has 0 radical (unpaired) electrons. The molecule has 4 rings (SSSR count). The van der Waals surface area contributed by atoms with Crippen molar-refractivity contribution in [1.82, 2.24) is 14.5 Å². The minimum absolute atomic E-state index is 0.0507. The Kier molecular flexibility index (Phi) is 6.91. The summed E-state index contributed by atoms with van der Waals surface area (Å²) in [6.07, 6.45) is -7.05. The molecule has 0 aromatic carbocycles. The molecule has 3 aliphatic rings. The van der Waals surface area contributed by atoms with E-state index in [1.165, 1.54) is 15.8 Å². The third-order valence-corrected chi connectivity index (χ3v) is 5.82. The number of rotatable bonds is 8. The van der Waals surface area contributed by atoms with Crippen LogP contribution in [0.1, 0.15) is 11.9 Å². The van der Waals surface area contributed by atoms with Gasteiger partial charge in [0, 0.05) is 0 Å². The summed E-state index contributed by atoms with van der Waals surface area (Å²) in [6, 6.07) is 0. The minimum Gasteiger partial charge on any atom is -0.394 e. The van der Waals surface area contributed by atoms with E-state index in [9.17, 15) is 25.5 Å². The number of nitrogens with two attached hydrogens (primary N) is 1. The molecule has 1 aromatic heterocycles. The van der Waals surface area contributed by atoms with Crippen LogP contribution in [-0.4, -0.2) is 122 Å². The van der Waals surface area contributed by atoms with Crippen LogP contribution < -0.4 is 11.2 Å². The molecule has 0 aliphatic carbocycles. The molecule has 0 bridgehead atoms. The largest absolute Gasteiger partial charge is 0.394 e. The second-order valence-electron chi connectivity index (χ2n) is 7.68. The summed E-state index contributed by atoms with van der Waals surface area (Å²) in [5.74, 6) is 5.32. The van der Waals surface area contributed by atoms with E-state index < -0.39 is 62.3 Å². The van der Waals surface area contributed by atoms with Crippen molar-refractivity contribution in [3.8, 4) is 0 Å². The van der Waals surface area contributed by atoms with E-state index in [1.54, 1.807) is 0 Å². The van der Waals surface area contributed by atoms with E-state index in [-0.39, 0.29) is 31.4 Å². The fourth-order valence-corrected chi connectivity index (χ4v) is 4.14. The Balaban J connectivity index is 1.54. The zero-order chi connectivity index (χ0) is 23.0. The lowest BCUT2D eigenvalue weighted by Crippen LogP contribution is -2.52. The minimum atomic E-state index is -1.30. The first-order valence-electron chi connectivity index (χ1n) is 10.1. The Bertz CT molecular complexity index is 811. The van der Waals surface area contributed by atoms with Gasteiger partial charge < -0.3 is 54.8 Å². The number of aliphatic hydroxyl groups is 5. The van der Waals surface area contributed by atoms with Gasteiger partial charge in [-0.25, -0.2) is 10.9 Å². The van der Waals surface area contributed by atoms with E-state index in [0.29, 0.717) is 5.82 Å². The standard InChI is InChI=1S/C17H28N6O9/c18-14-9-15(23(5-20-9)16-12(28)10(26)7(3-24)31-16)21-6-22(14)17-13(29-1-2-30-19)11(27)8(4-25)32-17/h5,7-8,10-13,16-18,21,24-28H,1-4,6,19H2/t7-,8-,10-,11-,12-,13-,16-,17?/m1/s1. The van der Waals surface area contributed by atoms with E-state index >= 15 is 0 Å². The summed E-state index contributed by atoms with van der Waals surface area (Å²) in [6.45, 7) is -0.712. The van der Waals surface area contributed by atoms with Crippen LogP contribution in [0.5, 0.6) is 0 Å². The smallest absolute Gasteiger partial charge is 0.165 e. The van der Waals surface area contributed by atoms with Gasteiger partial charge in [0.1, 0.15) is 48.1 Å². The van der Waals surface area contributed by atoms with Crippen molar-refractivity contribution < 1.29 is 44.6 Å². The fraction of sp³-hybridized carbons (Fsp3) is 0.765. The van der Waals surface area contributed by atoms with Crippen molar-refractivity contribution in [1.29, 1.82) is 5.41 Å². The molecule has 0 amide bonds. The van der Waals surface area contributed by atoms with Crippen molar-refractivity contribution >= 4 is 11.7 Å². The van der Waals surface area contributed by atoms with Crippen LogP contribution >= 0.6 is 0 Å². The molecule has 32 heavy (non-hydrogen) atoms. The first-order chi connectivity index (χ1) is 15.4. The first-order valence-corrected chi connectivity index (χ1v) is 10.1. The van der Waals surface area contributed by atoms with Gasteiger partial charge in [0.25, 0.3) is 0 Å². The molecule has 2 fully saturated rings. The van der Waals surface area contributed by atoms with Crippen molar-refractivity contribution in [2.24, 2.45) is 5.90 Å². The Morgan fingerprint density at radius 3 is 2.44 bits per heavy atom. The van der Waals surface area contributed by atoms with Gasteiger partial charge in [-0.1, -0.05) is 0 Å². The number of aliphatic hydroxyl groups excluding tert-OH is 5. The van der Waals surface area contributed by atoms with Crippen LogP contribution in [0.4, 0.5) is 5.82 Å². The summed E-state index contributed by atoms with van der Waals surface area (Å²) in [4.78, 5) is 10.2. The van der Waals surface area contributed by atoms with Crippen molar-refractivity contribution in [2.75, 3.05) is 38.4 Å². The molecule has 0 spiro atoms. The van der Waals surface area contributed by atoms with Gasteiger partial charge in [-0.05, 0) is 0 Å². The molecule has 15 nitrogen and oxygen atoms in total. The Morgan fingerprint density at radius 2 is 1.78 bits per heavy atom. The lowest BCUT2D eigenvalue weighted by atomic mass is 10.1. The average molecular weight is 460 g/mol. The summed E-state index contributed by atoms with van der Waals surface area (Å²) >= 11 is 0. The normalized spacial score (nSPS) is 37.1.